The Morgan fingerprint density at radius 1 is 1.37 bits per heavy atom. The molecule has 1 aromatic rings. The number of carbonyl (C=O) groups excluding carboxylic acids is 2. The number of aromatic amines is 1. The second kappa shape index (κ2) is 5.86. The highest BCUT2D eigenvalue weighted by Gasteiger charge is 2.32. The van der Waals surface area contributed by atoms with E-state index in [0.717, 1.165) is 25.9 Å². The van der Waals surface area contributed by atoms with Gasteiger partial charge in [-0.05, 0) is 24.8 Å². The summed E-state index contributed by atoms with van der Waals surface area (Å²) in [6.07, 6.45) is 2.79. The van der Waals surface area contributed by atoms with Crippen molar-refractivity contribution in [3.63, 3.8) is 0 Å². The number of hydrogen-bond donors (Lipinski definition) is 1. The van der Waals surface area contributed by atoms with E-state index in [1.807, 2.05) is 13.8 Å². The third kappa shape index (κ3) is 3.13. The monoisotopic (exact) mass is 265 g/mol. The van der Waals surface area contributed by atoms with Gasteiger partial charge in [0.25, 0.3) is 5.91 Å². The highest BCUT2D eigenvalue weighted by Crippen LogP contribution is 2.16. The predicted octanol–water partition coefficient (Wildman–Crippen LogP) is 1.21. The topological polar surface area (TPSA) is 75.3 Å². The number of rotatable bonds is 4. The Morgan fingerprint density at radius 3 is 2.58 bits per heavy atom. The molecule has 1 unspecified atom stereocenters. The lowest BCUT2D eigenvalue weighted by Gasteiger charge is -2.25. The zero-order chi connectivity index (χ0) is 13.8. The molecular formula is C13H19N3O3. The van der Waals surface area contributed by atoms with Gasteiger partial charge < -0.3 is 9.64 Å². The first kappa shape index (κ1) is 13.6. The van der Waals surface area contributed by atoms with Crippen LogP contribution in [0.5, 0.6) is 0 Å². The van der Waals surface area contributed by atoms with Gasteiger partial charge in [0.1, 0.15) is 5.69 Å². The molecular weight excluding hydrogens is 246 g/mol. The average molecular weight is 265 g/mol. The number of H-pyrrole nitrogens is 1. The predicted molar refractivity (Wildman–Crippen MR) is 68.4 cm³/mol. The highest BCUT2D eigenvalue weighted by atomic mass is 16.5. The van der Waals surface area contributed by atoms with Gasteiger partial charge in [0.15, 0.2) is 6.10 Å². The lowest BCUT2D eigenvalue weighted by atomic mass is 10.1. The van der Waals surface area contributed by atoms with E-state index in [4.69, 9.17) is 4.74 Å². The summed E-state index contributed by atoms with van der Waals surface area (Å²) >= 11 is 0. The molecule has 0 spiro atoms. The van der Waals surface area contributed by atoms with Gasteiger partial charge in [-0.2, -0.15) is 5.10 Å². The lowest BCUT2D eigenvalue weighted by Crippen LogP contribution is -2.42. The first-order valence-corrected chi connectivity index (χ1v) is 6.58. The molecule has 104 valence electrons. The average Bonchev–Trinajstić information content (AvgIpc) is 3.05. The molecule has 1 saturated heterocycles. The number of nitrogens with one attached hydrogen (secondary N) is 1. The Balaban J connectivity index is 2.03. The Hall–Kier alpha value is -1.85. The highest BCUT2D eigenvalue weighted by molar-refractivity contribution is 5.90. The minimum atomic E-state index is -0.728. The van der Waals surface area contributed by atoms with E-state index >= 15 is 0 Å². The molecule has 1 aromatic heterocycles. The van der Waals surface area contributed by atoms with E-state index in [2.05, 4.69) is 10.2 Å². The third-order valence-electron chi connectivity index (χ3n) is 3.22. The van der Waals surface area contributed by atoms with E-state index in [0.29, 0.717) is 0 Å². The summed E-state index contributed by atoms with van der Waals surface area (Å²) in [5.74, 6) is -0.691. The summed E-state index contributed by atoms with van der Waals surface area (Å²) in [4.78, 5) is 26.0. The van der Waals surface area contributed by atoms with E-state index < -0.39 is 12.1 Å². The van der Waals surface area contributed by atoms with E-state index in [9.17, 15) is 9.59 Å². The van der Waals surface area contributed by atoms with Crippen LogP contribution in [0.2, 0.25) is 0 Å². The van der Waals surface area contributed by atoms with Crippen molar-refractivity contribution in [2.24, 2.45) is 5.92 Å². The molecule has 1 fully saturated rings. The molecule has 6 nitrogen and oxygen atoms in total. The minimum absolute atomic E-state index is 0.0556. The van der Waals surface area contributed by atoms with Crippen molar-refractivity contribution in [3.05, 3.63) is 18.0 Å². The van der Waals surface area contributed by atoms with Gasteiger partial charge in [-0.3, -0.25) is 9.89 Å². The molecule has 0 saturated carbocycles. The summed E-state index contributed by atoms with van der Waals surface area (Å²) in [6.45, 7) is 5.26. The van der Waals surface area contributed by atoms with Crippen molar-refractivity contribution >= 4 is 11.9 Å². The van der Waals surface area contributed by atoms with Crippen LogP contribution in [0.1, 0.15) is 37.2 Å². The number of carbonyl (C=O) groups is 2. The number of hydrogen-bond acceptors (Lipinski definition) is 4. The largest absolute Gasteiger partial charge is 0.447 e. The Morgan fingerprint density at radius 2 is 2.05 bits per heavy atom. The van der Waals surface area contributed by atoms with Crippen LogP contribution in [0.3, 0.4) is 0 Å². The number of likely N-dealkylation sites (tertiary alicyclic amines) is 1. The fraction of sp³-hybridized carbons (Fsp3) is 0.615. The van der Waals surface area contributed by atoms with Crippen LogP contribution in [-0.2, 0) is 9.53 Å². The fourth-order valence-corrected chi connectivity index (χ4v) is 2.14. The number of esters is 1. The second-order valence-corrected chi connectivity index (χ2v) is 5.07. The zero-order valence-electron chi connectivity index (χ0n) is 11.3. The maximum atomic E-state index is 12.3. The quantitative estimate of drug-likeness (QED) is 0.830. The lowest BCUT2D eigenvalue weighted by molar-refractivity contribution is -0.141. The van der Waals surface area contributed by atoms with Gasteiger partial charge in [0.05, 0.1) is 0 Å². The van der Waals surface area contributed by atoms with E-state index in [-0.39, 0.29) is 17.5 Å². The normalized spacial score (nSPS) is 16.7. The van der Waals surface area contributed by atoms with Crippen molar-refractivity contribution in [1.82, 2.24) is 15.1 Å². The van der Waals surface area contributed by atoms with Gasteiger partial charge in [-0.15, -0.1) is 0 Å². The third-order valence-corrected chi connectivity index (χ3v) is 3.22. The molecule has 1 atom stereocenters. The maximum Gasteiger partial charge on any atom is 0.357 e. The van der Waals surface area contributed by atoms with Gasteiger partial charge in [-0.1, -0.05) is 13.8 Å². The summed E-state index contributed by atoms with van der Waals surface area (Å²) in [7, 11) is 0. The van der Waals surface area contributed by atoms with Crippen molar-refractivity contribution < 1.29 is 14.3 Å². The van der Waals surface area contributed by atoms with Crippen molar-refractivity contribution in [2.75, 3.05) is 13.1 Å². The summed E-state index contributed by atoms with van der Waals surface area (Å²) in [5, 5.41) is 6.24. The van der Waals surface area contributed by atoms with Gasteiger partial charge in [0.2, 0.25) is 0 Å². The fourth-order valence-electron chi connectivity index (χ4n) is 2.14. The number of aromatic nitrogens is 2. The Labute approximate surface area is 112 Å². The summed E-state index contributed by atoms with van der Waals surface area (Å²) < 4.78 is 5.33. The van der Waals surface area contributed by atoms with Crippen molar-refractivity contribution in [1.29, 1.82) is 0 Å². The van der Waals surface area contributed by atoms with Crippen LogP contribution >= 0.6 is 0 Å². The Bertz CT molecular complexity index is 436. The standard InChI is InChI=1S/C13H19N3O3/c1-9(2)11(12(17)16-7-3-4-8-16)19-13(18)10-5-6-14-15-10/h5-6,9,11H,3-4,7-8H2,1-2H3,(H,14,15). The summed E-state index contributed by atoms with van der Waals surface area (Å²) in [6, 6.07) is 1.53. The van der Waals surface area contributed by atoms with Gasteiger partial charge in [0, 0.05) is 19.3 Å². The molecule has 2 rings (SSSR count). The molecule has 0 aromatic carbocycles. The molecule has 0 bridgehead atoms. The minimum Gasteiger partial charge on any atom is -0.447 e. The summed E-state index contributed by atoms with van der Waals surface area (Å²) in [5.41, 5.74) is 0.264. The van der Waals surface area contributed by atoms with Crippen LogP contribution in [0.25, 0.3) is 0 Å². The Kier molecular flexibility index (Phi) is 4.19. The molecule has 0 radical (unpaired) electrons. The molecule has 1 aliphatic heterocycles. The van der Waals surface area contributed by atoms with Crippen LogP contribution in [0, 0.1) is 5.92 Å². The molecule has 1 amide bonds. The molecule has 1 N–H and O–H groups in total. The van der Waals surface area contributed by atoms with Gasteiger partial charge in [-0.25, -0.2) is 4.79 Å². The second-order valence-electron chi connectivity index (χ2n) is 5.07. The van der Waals surface area contributed by atoms with Gasteiger partial charge >= 0.3 is 5.97 Å². The SMILES string of the molecule is CC(C)C(OC(=O)c1ccn[nH]1)C(=O)N1CCCC1. The first-order chi connectivity index (χ1) is 9.09. The maximum absolute atomic E-state index is 12.3. The van der Waals surface area contributed by atoms with Crippen LogP contribution in [-0.4, -0.2) is 46.2 Å². The molecule has 0 aliphatic carbocycles. The number of amides is 1. The molecule has 6 heteroatoms. The molecule has 1 aliphatic rings. The smallest absolute Gasteiger partial charge is 0.357 e. The van der Waals surface area contributed by atoms with Crippen molar-refractivity contribution in [3.8, 4) is 0 Å². The molecule has 2 heterocycles. The zero-order valence-corrected chi connectivity index (χ0v) is 11.3. The van der Waals surface area contributed by atoms with Crippen LogP contribution in [0.15, 0.2) is 12.3 Å². The molecule has 19 heavy (non-hydrogen) atoms. The first-order valence-electron chi connectivity index (χ1n) is 6.58. The van der Waals surface area contributed by atoms with Crippen LogP contribution in [0.4, 0.5) is 0 Å². The van der Waals surface area contributed by atoms with E-state index in [1.165, 1.54) is 12.3 Å². The van der Waals surface area contributed by atoms with Crippen LogP contribution < -0.4 is 0 Å². The van der Waals surface area contributed by atoms with Crippen molar-refractivity contribution in [2.45, 2.75) is 32.8 Å². The van der Waals surface area contributed by atoms with E-state index in [1.54, 1.807) is 4.90 Å². The number of ether oxygens (including phenoxy) is 1. The number of nitrogens with zero attached hydrogens (tertiary/aromatic N) is 2.